The Bertz CT molecular complexity index is 511. The molecule has 0 aromatic heterocycles. The van der Waals surface area contributed by atoms with Crippen LogP contribution in [0.15, 0.2) is 54.6 Å². The van der Waals surface area contributed by atoms with Gasteiger partial charge in [-0.05, 0) is 24.0 Å². The van der Waals surface area contributed by atoms with Crippen LogP contribution in [-0.2, 0) is 6.42 Å². The number of hydrogen-bond acceptors (Lipinski definition) is 1. The molecule has 0 aliphatic carbocycles. The number of unbranched alkanes of at least 4 members (excludes halogenated alkanes) is 1. The standard InChI is InChI=1S/C18H20O/c1-2-3-9-18(19)17-12-10-16(11-13-17)14-15-7-5-4-6-8-15/h4-8,10-13H,2-3,9,14H2,1H3. The fourth-order valence-corrected chi connectivity index (χ4v) is 2.12. The van der Waals surface area contributed by atoms with Gasteiger partial charge >= 0.3 is 0 Å². The minimum atomic E-state index is 0.258. The second-order valence-corrected chi connectivity index (χ2v) is 4.89. The Balaban J connectivity index is 2.00. The average molecular weight is 252 g/mol. The van der Waals surface area contributed by atoms with Crippen molar-refractivity contribution in [3.05, 3.63) is 71.3 Å². The Morgan fingerprint density at radius 3 is 2.16 bits per heavy atom. The van der Waals surface area contributed by atoms with E-state index < -0.39 is 0 Å². The molecule has 2 aromatic carbocycles. The van der Waals surface area contributed by atoms with Crippen LogP contribution >= 0.6 is 0 Å². The first-order valence-electron chi connectivity index (χ1n) is 6.95. The lowest BCUT2D eigenvalue weighted by molar-refractivity contribution is 0.0980. The van der Waals surface area contributed by atoms with E-state index in [-0.39, 0.29) is 5.78 Å². The molecule has 19 heavy (non-hydrogen) atoms. The molecule has 1 heteroatoms. The predicted octanol–water partition coefficient (Wildman–Crippen LogP) is 4.65. The van der Waals surface area contributed by atoms with Gasteiger partial charge in [0, 0.05) is 12.0 Å². The minimum absolute atomic E-state index is 0.258. The summed E-state index contributed by atoms with van der Waals surface area (Å²) in [5.74, 6) is 0.258. The lowest BCUT2D eigenvalue weighted by atomic mass is 10.0. The molecule has 0 bridgehead atoms. The average Bonchev–Trinajstić information content (AvgIpc) is 2.46. The van der Waals surface area contributed by atoms with Crippen LogP contribution in [0.4, 0.5) is 0 Å². The zero-order valence-electron chi connectivity index (χ0n) is 11.4. The van der Waals surface area contributed by atoms with E-state index in [9.17, 15) is 4.79 Å². The van der Waals surface area contributed by atoms with Gasteiger partial charge in [-0.25, -0.2) is 0 Å². The first-order valence-corrected chi connectivity index (χ1v) is 6.95. The van der Waals surface area contributed by atoms with Crippen LogP contribution in [0.2, 0.25) is 0 Å². The van der Waals surface area contributed by atoms with Crippen molar-refractivity contribution < 1.29 is 4.79 Å². The summed E-state index contributed by atoms with van der Waals surface area (Å²) in [6.45, 7) is 2.11. The predicted molar refractivity (Wildman–Crippen MR) is 79.5 cm³/mol. The Morgan fingerprint density at radius 1 is 0.895 bits per heavy atom. The summed E-state index contributed by atoms with van der Waals surface area (Å²) in [7, 11) is 0. The maximum absolute atomic E-state index is 11.9. The Labute approximate surface area is 115 Å². The molecule has 1 nitrogen and oxygen atoms in total. The molecule has 0 N–H and O–H groups in total. The fourth-order valence-electron chi connectivity index (χ4n) is 2.12. The van der Waals surface area contributed by atoms with Gasteiger partial charge in [-0.3, -0.25) is 4.79 Å². The van der Waals surface area contributed by atoms with Crippen LogP contribution in [0.25, 0.3) is 0 Å². The van der Waals surface area contributed by atoms with Crippen LogP contribution in [0.5, 0.6) is 0 Å². The number of rotatable bonds is 6. The second-order valence-electron chi connectivity index (χ2n) is 4.89. The fraction of sp³-hybridized carbons (Fsp3) is 0.278. The molecular formula is C18H20O. The highest BCUT2D eigenvalue weighted by Crippen LogP contribution is 2.12. The highest BCUT2D eigenvalue weighted by atomic mass is 16.1. The van der Waals surface area contributed by atoms with Gasteiger partial charge in [0.05, 0.1) is 0 Å². The van der Waals surface area contributed by atoms with Crippen molar-refractivity contribution >= 4 is 5.78 Å². The monoisotopic (exact) mass is 252 g/mol. The zero-order valence-corrected chi connectivity index (χ0v) is 11.4. The summed E-state index contributed by atoms with van der Waals surface area (Å²) >= 11 is 0. The normalized spacial score (nSPS) is 10.4. The third kappa shape index (κ3) is 4.06. The third-order valence-electron chi connectivity index (χ3n) is 3.28. The smallest absolute Gasteiger partial charge is 0.162 e. The van der Waals surface area contributed by atoms with E-state index in [2.05, 4.69) is 43.3 Å². The van der Waals surface area contributed by atoms with Gasteiger partial charge in [-0.1, -0.05) is 67.9 Å². The van der Waals surface area contributed by atoms with Crippen LogP contribution in [0.1, 0.15) is 47.7 Å². The van der Waals surface area contributed by atoms with Gasteiger partial charge in [0.1, 0.15) is 0 Å². The molecule has 0 fully saturated rings. The molecule has 0 heterocycles. The van der Waals surface area contributed by atoms with Gasteiger partial charge in [-0.2, -0.15) is 0 Å². The van der Waals surface area contributed by atoms with Crippen molar-refractivity contribution in [3.8, 4) is 0 Å². The van der Waals surface area contributed by atoms with Gasteiger partial charge in [-0.15, -0.1) is 0 Å². The molecule has 2 rings (SSSR count). The van der Waals surface area contributed by atoms with Crippen LogP contribution in [0.3, 0.4) is 0 Å². The van der Waals surface area contributed by atoms with E-state index in [1.54, 1.807) is 0 Å². The molecule has 0 aliphatic heterocycles. The van der Waals surface area contributed by atoms with Crippen molar-refractivity contribution in [1.82, 2.24) is 0 Å². The SMILES string of the molecule is CCCCC(=O)c1ccc(Cc2ccccc2)cc1. The molecule has 2 aromatic rings. The molecule has 0 saturated carbocycles. The van der Waals surface area contributed by atoms with Gasteiger partial charge in [0.25, 0.3) is 0 Å². The summed E-state index contributed by atoms with van der Waals surface area (Å²) in [6.07, 6.45) is 3.63. The Morgan fingerprint density at radius 2 is 1.53 bits per heavy atom. The summed E-state index contributed by atoms with van der Waals surface area (Å²) in [5, 5.41) is 0. The summed E-state index contributed by atoms with van der Waals surface area (Å²) in [6, 6.07) is 18.4. The van der Waals surface area contributed by atoms with E-state index in [0.717, 1.165) is 24.8 Å². The molecule has 0 spiro atoms. The van der Waals surface area contributed by atoms with Gasteiger partial charge < -0.3 is 0 Å². The molecule has 0 atom stereocenters. The molecule has 0 aliphatic rings. The van der Waals surface area contributed by atoms with E-state index in [1.807, 2.05) is 18.2 Å². The topological polar surface area (TPSA) is 17.1 Å². The molecular weight excluding hydrogens is 232 g/mol. The quantitative estimate of drug-likeness (QED) is 0.684. The maximum Gasteiger partial charge on any atom is 0.162 e. The van der Waals surface area contributed by atoms with Crippen LogP contribution < -0.4 is 0 Å². The van der Waals surface area contributed by atoms with Crippen LogP contribution in [-0.4, -0.2) is 5.78 Å². The Kier molecular flexibility index (Phi) is 4.91. The first kappa shape index (κ1) is 13.5. The lowest BCUT2D eigenvalue weighted by Gasteiger charge is -2.04. The highest BCUT2D eigenvalue weighted by molar-refractivity contribution is 5.96. The number of hydrogen-bond donors (Lipinski definition) is 0. The number of carbonyl (C=O) groups is 1. The summed E-state index contributed by atoms with van der Waals surface area (Å²) < 4.78 is 0. The summed E-state index contributed by atoms with van der Waals surface area (Å²) in [4.78, 5) is 11.9. The zero-order chi connectivity index (χ0) is 13.5. The molecule has 98 valence electrons. The highest BCUT2D eigenvalue weighted by Gasteiger charge is 2.05. The van der Waals surface area contributed by atoms with E-state index in [1.165, 1.54) is 11.1 Å². The molecule has 0 unspecified atom stereocenters. The molecule has 0 amide bonds. The number of benzene rings is 2. The molecule has 0 saturated heterocycles. The second kappa shape index (κ2) is 6.89. The Hall–Kier alpha value is -1.89. The first-order chi connectivity index (χ1) is 9.29. The number of ketones is 1. The van der Waals surface area contributed by atoms with E-state index in [0.29, 0.717) is 6.42 Å². The van der Waals surface area contributed by atoms with Crippen molar-refractivity contribution in [3.63, 3.8) is 0 Å². The maximum atomic E-state index is 11.9. The van der Waals surface area contributed by atoms with Crippen molar-refractivity contribution in [2.75, 3.05) is 0 Å². The number of Topliss-reactive ketones (excluding diaryl/α,β-unsaturated/α-hetero) is 1. The minimum Gasteiger partial charge on any atom is -0.294 e. The summed E-state index contributed by atoms with van der Waals surface area (Å²) in [5.41, 5.74) is 3.39. The van der Waals surface area contributed by atoms with E-state index in [4.69, 9.17) is 0 Å². The van der Waals surface area contributed by atoms with Crippen LogP contribution in [0, 0.1) is 0 Å². The third-order valence-corrected chi connectivity index (χ3v) is 3.28. The van der Waals surface area contributed by atoms with Crippen molar-refractivity contribution in [2.45, 2.75) is 32.6 Å². The largest absolute Gasteiger partial charge is 0.294 e. The van der Waals surface area contributed by atoms with Gasteiger partial charge in [0.2, 0.25) is 0 Å². The van der Waals surface area contributed by atoms with Gasteiger partial charge in [0.15, 0.2) is 5.78 Å². The lowest BCUT2D eigenvalue weighted by Crippen LogP contribution is -1.99. The number of carbonyl (C=O) groups excluding carboxylic acids is 1. The van der Waals surface area contributed by atoms with Crippen molar-refractivity contribution in [1.29, 1.82) is 0 Å². The van der Waals surface area contributed by atoms with Crippen molar-refractivity contribution in [2.24, 2.45) is 0 Å². The van der Waals surface area contributed by atoms with E-state index >= 15 is 0 Å². The molecule has 0 radical (unpaired) electrons.